The summed E-state index contributed by atoms with van der Waals surface area (Å²) in [4.78, 5) is 14.1. The second-order valence-corrected chi connectivity index (χ2v) is 13.4. The van der Waals surface area contributed by atoms with E-state index in [4.69, 9.17) is 27.9 Å². The van der Waals surface area contributed by atoms with Crippen LogP contribution in [-0.2, 0) is 16.6 Å². The van der Waals surface area contributed by atoms with Crippen molar-refractivity contribution in [1.82, 2.24) is 4.90 Å². The molecule has 9 heteroatoms. The Labute approximate surface area is 268 Å². The number of hydrogen-bond donors (Lipinski definition) is 1. The van der Waals surface area contributed by atoms with Crippen molar-refractivity contribution < 1.29 is 23.4 Å². The van der Waals surface area contributed by atoms with Crippen LogP contribution in [-0.4, -0.2) is 47.8 Å². The summed E-state index contributed by atoms with van der Waals surface area (Å²) in [6.45, 7) is 8.23. The fraction of sp³-hybridized carbons (Fsp3) is 0.429. The maximum Gasteiger partial charge on any atom is 0.338 e. The van der Waals surface area contributed by atoms with Crippen LogP contribution in [0.5, 0.6) is 0 Å². The highest BCUT2D eigenvalue weighted by Gasteiger charge is 2.62. The summed E-state index contributed by atoms with van der Waals surface area (Å²) in [5, 5.41) is 22.1. The first-order valence-electron chi connectivity index (χ1n) is 14.8. The molecule has 0 aliphatic carbocycles. The molecule has 1 aliphatic heterocycles. The van der Waals surface area contributed by atoms with E-state index in [0.717, 1.165) is 5.56 Å². The molecule has 44 heavy (non-hydrogen) atoms. The zero-order chi connectivity index (χ0) is 32.2. The van der Waals surface area contributed by atoms with Gasteiger partial charge in [-0.2, -0.15) is 5.26 Å². The number of carbonyl (C=O) groups is 1. The standard InChI is InChI=1S/C35H38Cl2F2N2O3/c1-5-44-33(43)23-13-11-22(12-14-23)8-7-17-41-29(20-42)31(25-9-6-10-27(37)32(25)39)35(21-40,30(41)19-34(2,3)4)26-16-15-24(36)18-28(26)38/h6,9-16,18,29-31,42H,5,7-8,17,19-20H2,1-4H3/t29-,30-,31-,35-/m0/s1. The van der Waals surface area contributed by atoms with Gasteiger partial charge in [0.25, 0.3) is 0 Å². The Morgan fingerprint density at radius 2 is 1.82 bits per heavy atom. The Hall–Kier alpha value is -3.02. The van der Waals surface area contributed by atoms with E-state index in [9.17, 15) is 15.2 Å². The molecule has 1 fully saturated rings. The van der Waals surface area contributed by atoms with Gasteiger partial charge in [-0.05, 0) is 79.6 Å². The van der Waals surface area contributed by atoms with Crippen molar-refractivity contribution in [1.29, 1.82) is 5.26 Å². The van der Waals surface area contributed by atoms with Crippen LogP contribution >= 0.6 is 23.2 Å². The number of esters is 1. The minimum atomic E-state index is -1.58. The van der Waals surface area contributed by atoms with E-state index < -0.39 is 35.1 Å². The number of likely N-dealkylation sites (tertiary alicyclic amines) is 1. The van der Waals surface area contributed by atoms with Crippen LogP contribution in [0.1, 0.15) is 73.5 Å². The van der Waals surface area contributed by atoms with Crippen molar-refractivity contribution in [2.45, 2.75) is 70.4 Å². The smallest absolute Gasteiger partial charge is 0.338 e. The molecule has 1 N–H and O–H groups in total. The van der Waals surface area contributed by atoms with Crippen LogP contribution in [0.2, 0.25) is 10.0 Å². The average Bonchev–Trinajstić information content (AvgIpc) is 3.22. The second-order valence-electron chi connectivity index (χ2n) is 12.5. The number of aryl methyl sites for hydroxylation is 1. The lowest BCUT2D eigenvalue weighted by atomic mass is 9.62. The van der Waals surface area contributed by atoms with E-state index in [1.165, 1.54) is 24.3 Å². The first kappa shape index (κ1) is 33.9. The largest absolute Gasteiger partial charge is 0.462 e. The van der Waals surface area contributed by atoms with Crippen LogP contribution in [0.25, 0.3) is 0 Å². The molecule has 0 spiro atoms. The van der Waals surface area contributed by atoms with Gasteiger partial charge in [0.1, 0.15) is 17.0 Å². The number of ether oxygens (including phenoxy) is 1. The Balaban J connectivity index is 1.81. The van der Waals surface area contributed by atoms with Crippen molar-refractivity contribution in [3.8, 4) is 6.07 Å². The number of aliphatic hydroxyl groups excluding tert-OH is 1. The van der Waals surface area contributed by atoms with Gasteiger partial charge in [-0.3, -0.25) is 4.90 Å². The van der Waals surface area contributed by atoms with E-state index >= 15 is 8.78 Å². The molecular weight excluding hydrogens is 605 g/mol. The van der Waals surface area contributed by atoms with Crippen molar-refractivity contribution >= 4 is 29.2 Å². The fourth-order valence-corrected chi connectivity index (χ4v) is 7.00. The Kier molecular flexibility index (Phi) is 10.7. The molecule has 0 aromatic heterocycles. The summed E-state index contributed by atoms with van der Waals surface area (Å²) >= 11 is 12.4. The lowest BCUT2D eigenvalue weighted by Crippen LogP contribution is -2.47. The number of nitriles is 1. The summed E-state index contributed by atoms with van der Waals surface area (Å²) in [5.74, 6) is -2.67. The summed E-state index contributed by atoms with van der Waals surface area (Å²) in [6, 6.07) is 17.2. The van der Waals surface area contributed by atoms with Crippen LogP contribution in [0.3, 0.4) is 0 Å². The number of halogens is 4. The Morgan fingerprint density at radius 1 is 1.11 bits per heavy atom. The van der Waals surface area contributed by atoms with Gasteiger partial charge >= 0.3 is 5.97 Å². The van der Waals surface area contributed by atoms with Crippen molar-refractivity contribution in [2.75, 3.05) is 19.8 Å². The predicted molar refractivity (Wildman–Crippen MR) is 169 cm³/mol. The zero-order valence-electron chi connectivity index (χ0n) is 25.4. The molecule has 5 nitrogen and oxygen atoms in total. The Morgan fingerprint density at radius 3 is 2.41 bits per heavy atom. The highest BCUT2D eigenvalue weighted by Crippen LogP contribution is 2.56. The molecule has 234 valence electrons. The lowest BCUT2D eigenvalue weighted by Gasteiger charge is -2.39. The van der Waals surface area contributed by atoms with Gasteiger partial charge in [-0.1, -0.05) is 74.3 Å². The Bertz CT molecular complexity index is 1520. The normalized spacial score (nSPS) is 22.1. The minimum Gasteiger partial charge on any atom is -0.462 e. The summed E-state index contributed by atoms with van der Waals surface area (Å²) in [5.41, 5.74) is -0.156. The van der Waals surface area contributed by atoms with Crippen LogP contribution in [0.15, 0.2) is 60.7 Å². The molecule has 3 aromatic rings. The van der Waals surface area contributed by atoms with Crippen molar-refractivity contribution in [3.05, 3.63) is 105 Å². The number of aliphatic hydroxyl groups is 1. The molecule has 1 heterocycles. The molecule has 1 saturated heterocycles. The molecule has 4 atom stereocenters. The number of hydrogen-bond acceptors (Lipinski definition) is 5. The molecule has 4 rings (SSSR count). The summed E-state index contributed by atoms with van der Waals surface area (Å²) in [6.07, 6.45) is 1.74. The number of rotatable bonds is 10. The first-order valence-corrected chi connectivity index (χ1v) is 15.6. The lowest BCUT2D eigenvalue weighted by molar-refractivity contribution is 0.0526. The highest BCUT2D eigenvalue weighted by molar-refractivity contribution is 6.31. The molecule has 3 aromatic carbocycles. The molecule has 1 aliphatic rings. The fourth-order valence-electron chi connectivity index (χ4n) is 6.66. The van der Waals surface area contributed by atoms with Gasteiger partial charge in [-0.25, -0.2) is 13.6 Å². The average molecular weight is 644 g/mol. The van der Waals surface area contributed by atoms with Gasteiger partial charge < -0.3 is 9.84 Å². The number of benzene rings is 3. The second kappa shape index (κ2) is 14.0. The minimum absolute atomic E-state index is 0.110. The van der Waals surface area contributed by atoms with Gasteiger partial charge in [0, 0.05) is 28.6 Å². The van der Waals surface area contributed by atoms with Gasteiger partial charge in [0.05, 0.1) is 29.9 Å². The van der Waals surface area contributed by atoms with Gasteiger partial charge in [0.15, 0.2) is 0 Å². The molecule has 0 saturated carbocycles. The maximum atomic E-state index is 15.9. The third-order valence-corrected chi connectivity index (χ3v) is 8.97. The molecular formula is C35H38Cl2F2N2O3. The predicted octanol–water partition coefficient (Wildman–Crippen LogP) is 8.11. The monoisotopic (exact) mass is 642 g/mol. The highest BCUT2D eigenvalue weighted by atomic mass is 35.5. The zero-order valence-corrected chi connectivity index (χ0v) is 26.9. The van der Waals surface area contributed by atoms with Crippen molar-refractivity contribution in [3.63, 3.8) is 0 Å². The van der Waals surface area contributed by atoms with Crippen LogP contribution in [0, 0.1) is 28.4 Å². The SMILES string of the molecule is CCOC(=O)c1ccc(CCCN2[C@@H](CC(C)(C)C)[C@](C#N)(c3ccc(Cl)cc3F)[C@@H](c3cccc(Cl)c3F)[C@@H]2CO)cc1. The van der Waals surface area contributed by atoms with Crippen LogP contribution in [0.4, 0.5) is 8.78 Å². The first-order chi connectivity index (χ1) is 20.9. The van der Waals surface area contributed by atoms with Gasteiger partial charge in [0.2, 0.25) is 0 Å². The van der Waals surface area contributed by atoms with Crippen molar-refractivity contribution in [2.24, 2.45) is 5.41 Å². The maximum absolute atomic E-state index is 15.9. The molecule has 0 unspecified atom stereocenters. The molecule has 0 bridgehead atoms. The van der Waals surface area contributed by atoms with E-state index in [1.807, 2.05) is 32.9 Å². The molecule has 0 radical (unpaired) electrons. The van der Waals surface area contributed by atoms with Crippen LogP contribution < -0.4 is 0 Å². The number of carbonyl (C=O) groups excluding carboxylic acids is 1. The third-order valence-electron chi connectivity index (χ3n) is 8.45. The summed E-state index contributed by atoms with van der Waals surface area (Å²) < 4.78 is 36.8. The quantitative estimate of drug-likeness (QED) is 0.226. The van der Waals surface area contributed by atoms with Gasteiger partial charge in [-0.15, -0.1) is 0 Å². The topological polar surface area (TPSA) is 73.6 Å². The van der Waals surface area contributed by atoms with E-state index in [1.54, 1.807) is 31.2 Å². The number of nitrogens with zero attached hydrogens (tertiary/aromatic N) is 2. The van der Waals surface area contributed by atoms with E-state index in [2.05, 4.69) is 11.0 Å². The third kappa shape index (κ3) is 6.79. The summed E-state index contributed by atoms with van der Waals surface area (Å²) in [7, 11) is 0. The molecule has 0 amide bonds. The van der Waals surface area contributed by atoms with E-state index in [-0.39, 0.29) is 39.2 Å². The van der Waals surface area contributed by atoms with E-state index in [0.29, 0.717) is 38.0 Å².